The van der Waals surface area contributed by atoms with E-state index in [1.54, 1.807) is 6.20 Å². The van der Waals surface area contributed by atoms with Crippen LogP contribution >= 0.6 is 0 Å². The molecule has 4 nitrogen and oxygen atoms in total. The van der Waals surface area contributed by atoms with Crippen LogP contribution in [-0.2, 0) is 0 Å². The molecule has 0 aliphatic rings. The normalized spacial score (nSPS) is 12.0. The van der Waals surface area contributed by atoms with Crippen molar-refractivity contribution in [2.75, 3.05) is 6.61 Å². The molecule has 4 heteroatoms. The van der Waals surface area contributed by atoms with Gasteiger partial charge >= 0.3 is 0 Å². The van der Waals surface area contributed by atoms with Gasteiger partial charge < -0.3 is 10.5 Å². The molecule has 0 bridgehead atoms. The Labute approximate surface area is 137 Å². The predicted octanol–water partition coefficient (Wildman–Crippen LogP) is 3.68. The lowest BCUT2D eigenvalue weighted by Crippen LogP contribution is -2.29. The standard InChI is InChI=1S/C19H23N3O/c1-13(2)8-18(21)12-23-19-5-4-15(10-17(19)11-20)16-6-7-22-14(3)9-16/h4-7,9-10,13,18H,8,12,21H2,1-3H3. The first kappa shape index (κ1) is 17.0. The highest BCUT2D eigenvalue weighted by molar-refractivity contribution is 5.67. The molecule has 0 saturated carbocycles. The third kappa shape index (κ3) is 4.80. The molecule has 1 unspecified atom stereocenters. The van der Waals surface area contributed by atoms with E-state index in [0.717, 1.165) is 23.2 Å². The van der Waals surface area contributed by atoms with Crippen molar-refractivity contribution < 1.29 is 4.74 Å². The second-order valence-electron chi connectivity index (χ2n) is 6.21. The fraction of sp³-hybridized carbons (Fsp3) is 0.368. The van der Waals surface area contributed by atoms with Gasteiger partial charge in [-0.3, -0.25) is 4.98 Å². The van der Waals surface area contributed by atoms with Gasteiger partial charge in [0.25, 0.3) is 0 Å². The number of aromatic nitrogens is 1. The average Bonchev–Trinajstić information content (AvgIpc) is 2.52. The van der Waals surface area contributed by atoms with E-state index in [1.165, 1.54) is 0 Å². The second kappa shape index (κ2) is 7.75. The van der Waals surface area contributed by atoms with E-state index < -0.39 is 0 Å². The molecule has 1 atom stereocenters. The summed E-state index contributed by atoms with van der Waals surface area (Å²) in [4.78, 5) is 4.19. The predicted molar refractivity (Wildman–Crippen MR) is 92.1 cm³/mol. The van der Waals surface area contributed by atoms with Crippen molar-refractivity contribution in [3.05, 3.63) is 47.8 Å². The number of hydrogen-bond acceptors (Lipinski definition) is 4. The van der Waals surface area contributed by atoms with Gasteiger partial charge in [0.15, 0.2) is 0 Å². The van der Waals surface area contributed by atoms with Crippen LogP contribution in [0.3, 0.4) is 0 Å². The number of nitriles is 1. The number of ether oxygens (including phenoxy) is 1. The minimum Gasteiger partial charge on any atom is -0.491 e. The van der Waals surface area contributed by atoms with Crippen LogP contribution in [-0.4, -0.2) is 17.6 Å². The Hall–Kier alpha value is -2.38. The maximum atomic E-state index is 9.38. The van der Waals surface area contributed by atoms with Crippen molar-refractivity contribution in [2.45, 2.75) is 33.2 Å². The highest BCUT2D eigenvalue weighted by atomic mass is 16.5. The number of nitrogens with two attached hydrogens (primary N) is 1. The van der Waals surface area contributed by atoms with E-state index in [1.807, 2.05) is 37.3 Å². The molecule has 23 heavy (non-hydrogen) atoms. The van der Waals surface area contributed by atoms with E-state index in [0.29, 0.717) is 23.8 Å². The summed E-state index contributed by atoms with van der Waals surface area (Å²) in [6, 6.07) is 11.7. The molecule has 0 saturated heterocycles. The first-order valence-corrected chi connectivity index (χ1v) is 7.85. The Bertz CT molecular complexity index is 704. The summed E-state index contributed by atoms with van der Waals surface area (Å²) in [5.74, 6) is 1.11. The van der Waals surface area contributed by atoms with Gasteiger partial charge in [0.05, 0.1) is 5.56 Å². The zero-order valence-electron chi connectivity index (χ0n) is 13.9. The van der Waals surface area contributed by atoms with Crippen LogP contribution in [0.25, 0.3) is 11.1 Å². The van der Waals surface area contributed by atoms with Crippen LogP contribution in [0.1, 0.15) is 31.5 Å². The fourth-order valence-corrected chi connectivity index (χ4v) is 2.52. The van der Waals surface area contributed by atoms with E-state index in [2.05, 4.69) is 24.9 Å². The van der Waals surface area contributed by atoms with Crippen LogP contribution in [0, 0.1) is 24.2 Å². The molecule has 1 heterocycles. The average molecular weight is 309 g/mol. The molecule has 0 fully saturated rings. The highest BCUT2D eigenvalue weighted by Crippen LogP contribution is 2.26. The van der Waals surface area contributed by atoms with Crippen molar-refractivity contribution in [3.63, 3.8) is 0 Å². The Morgan fingerprint density at radius 3 is 2.61 bits per heavy atom. The summed E-state index contributed by atoms with van der Waals surface area (Å²) in [6.45, 7) is 6.63. The Morgan fingerprint density at radius 1 is 1.22 bits per heavy atom. The zero-order valence-corrected chi connectivity index (χ0v) is 13.9. The topological polar surface area (TPSA) is 71.9 Å². The number of benzene rings is 1. The van der Waals surface area contributed by atoms with Crippen molar-refractivity contribution >= 4 is 0 Å². The number of pyridine rings is 1. The summed E-state index contributed by atoms with van der Waals surface area (Å²) < 4.78 is 5.75. The number of hydrogen-bond donors (Lipinski definition) is 1. The lowest BCUT2D eigenvalue weighted by Gasteiger charge is -2.16. The van der Waals surface area contributed by atoms with Crippen LogP contribution in [0.4, 0.5) is 0 Å². The SMILES string of the molecule is Cc1cc(-c2ccc(OCC(N)CC(C)C)c(C#N)c2)ccn1. The maximum absolute atomic E-state index is 9.38. The molecule has 2 rings (SSSR count). The van der Waals surface area contributed by atoms with Crippen LogP contribution in [0.5, 0.6) is 5.75 Å². The Balaban J connectivity index is 2.16. The van der Waals surface area contributed by atoms with Gasteiger partial charge in [0.2, 0.25) is 0 Å². The van der Waals surface area contributed by atoms with Gasteiger partial charge in [-0.15, -0.1) is 0 Å². The maximum Gasteiger partial charge on any atom is 0.137 e. The van der Waals surface area contributed by atoms with E-state index in [4.69, 9.17) is 10.5 Å². The fourth-order valence-electron chi connectivity index (χ4n) is 2.52. The lowest BCUT2D eigenvalue weighted by atomic mass is 10.0. The number of aryl methyl sites for hydroxylation is 1. The van der Waals surface area contributed by atoms with Crippen molar-refractivity contribution in [1.29, 1.82) is 5.26 Å². The van der Waals surface area contributed by atoms with Crippen LogP contribution in [0.15, 0.2) is 36.5 Å². The molecule has 2 N–H and O–H groups in total. The summed E-state index contributed by atoms with van der Waals surface area (Å²) in [7, 11) is 0. The van der Waals surface area contributed by atoms with Gasteiger partial charge in [-0.1, -0.05) is 19.9 Å². The van der Waals surface area contributed by atoms with Gasteiger partial charge in [-0.05, 0) is 54.7 Å². The largest absolute Gasteiger partial charge is 0.491 e. The first-order chi connectivity index (χ1) is 11.0. The third-order valence-electron chi connectivity index (χ3n) is 3.56. The molecule has 0 aliphatic heterocycles. The monoisotopic (exact) mass is 309 g/mol. The van der Waals surface area contributed by atoms with Crippen molar-refractivity contribution in [1.82, 2.24) is 4.98 Å². The molecule has 120 valence electrons. The summed E-state index contributed by atoms with van der Waals surface area (Å²) >= 11 is 0. The minimum absolute atomic E-state index is 0.0240. The van der Waals surface area contributed by atoms with Gasteiger partial charge in [0, 0.05) is 17.9 Å². The second-order valence-corrected chi connectivity index (χ2v) is 6.21. The number of nitrogens with zero attached hydrogens (tertiary/aromatic N) is 2. The molecule has 0 aliphatic carbocycles. The first-order valence-electron chi connectivity index (χ1n) is 7.85. The Kier molecular flexibility index (Phi) is 5.72. The molecule has 2 aromatic rings. The van der Waals surface area contributed by atoms with E-state index in [-0.39, 0.29) is 6.04 Å². The highest BCUT2D eigenvalue weighted by Gasteiger charge is 2.10. The van der Waals surface area contributed by atoms with Gasteiger partial charge in [-0.25, -0.2) is 0 Å². The summed E-state index contributed by atoms with van der Waals surface area (Å²) in [5, 5.41) is 9.38. The molecular formula is C19H23N3O. The minimum atomic E-state index is -0.0240. The molecule has 1 aromatic carbocycles. The summed E-state index contributed by atoms with van der Waals surface area (Å²) in [6.07, 6.45) is 2.67. The third-order valence-corrected chi connectivity index (χ3v) is 3.56. The van der Waals surface area contributed by atoms with Gasteiger partial charge in [-0.2, -0.15) is 5.26 Å². The van der Waals surface area contributed by atoms with Crippen molar-refractivity contribution in [2.24, 2.45) is 11.7 Å². The molecule has 1 aromatic heterocycles. The number of rotatable bonds is 6. The smallest absolute Gasteiger partial charge is 0.137 e. The molecule has 0 radical (unpaired) electrons. The van der Waals surface area contributed by atoms with E-state index in [9.17, 15) is 5.26 Å². The van der Waals surface area contributed by atoms with E-state index >= 15 is 0 Å². The molecular weight excluding hydrogens is 286 g/mol. The van der Waals surface area contributed by atoms with Gasteiger partial charge in [0.1, 0.15) is 18.4 Å². The van der Waals surface area contributed by atoms with Crippen LogP contribution in [0.2, 0.25) is 0 Å². The lowest BCUT2D eigenvalue weighted by molar-refractivity contribution is 0.270. The molecule has 0 amide bonds. The van der Waals surface area contributed by atoms with Crippen molar-refractivity contribution in [3.8, 4) is 22.9 Å². The molecule has 0 spiro atoms. The Morgan fingerprint density at radius 2 is 1.96 bits per heavy atom. The quantitative estimate of drug-likeness (QED) is 0.883. The summed E-state index contributed by atoms with van der Waals surface area (Å²) in [5.41, 5.74) is 9.52. The zero-order chi connectivity index (χ0) is 16.8. The van der Waals surface area contributed by atoms with Crippen LogP contribution < -0.4 is 10.5 Å².